The number of anilines is 3. The van der Waals surface area contributed by atoms with E-state index >= 15 is 0 Å². The molecule has 6 aromatic rings. The summed E-state index contributed by atoms with van der Waals surface area (Å²) in [6.45, 7) is 4.92. The Morgan fingerprint density at radius 3 is 1.41 bits per heavy atom. The van der Waals surface area contributed by atoms with E-state index in [0.29, 0.717) is 56.8 Å². The van der Waals surface area contributed by atoms with Crippen LogP contribution in [-0.2, 0) is 44.6 Å². The molecule has 13 N–H and O–H groups in total. The van der Waals surface area contributed by atoms with E-state index in [-0.39, 0.29) is 101 Å². The van der Waals surface area contributed by atoms with Gasteiger partial charge in [-0.15, -0.1) is 25.6 Å². The number of hydrogen-bond donors (Lipinski definition) is 10. The van der Waals surface area contributed by atoms with E-state index in [2.05, 4.69) is 35.6 Å². The molecule has 6 aromatic carbocycles. The number of hydrogen-bond acceptors (Lipinski definition) is 27. The minimum atomic E-state index is -5.24. The second-order valence-corrected chi connectivity index (χ2v) is 20.8. The summed E-state index contributed by atoms with van der Waals surface area (Å²) in [5.41, 5.74) is 16.1. The quantitative estimate of drug-likeness (QED) is 0.00641. The van der Waals surface area contributed by atoms with Crippen molar-refractivity contribution >= 4 is 98.0 Å². The second-order valence-electron chi connectivity index (χ2n) is 16.7. The number of fused-ring (bicyclic) bond motifs is 1. The van der Waals surface area contributed by atoms with Crippen LogP contribution in [0.3, 0.4) is 0 Å². The molecule has 0 saturated carbocycles. The average Bonchev–Trinajstić information content (AvgIpc) is 3.46. The number of benzene rings is 6. The van der Waals surface area contributed by atoms with Gasteiger partial charge in [0.05, 0.1) is 107 Å². The van der Waals surface area contributed by atoms with Gasteiger partial charge in [0.2, 0.25) is 0 Å². The van der Waals surface area contributed by atoms with E-state index in [0.717, 1.165) is 50.0 Å². The summed E-state index contributed by atoms with van der Waals surface area (Å²) in [6, 6.07) is 17.2. The number of aliphatic hydroxyl groups excluding tert-OH is 3. The van der Waals surface area contributed by atoms with Crippen LogP contribution in [0.2, 0.25) is 0 Å². The first-order valence-electron chi connectivity index (χ1n) is 23.7. The van der Waals surface area contributed by atoms with Crippen molar-refractivity contribution in [3.05, 3.63) is 95.0 Å². The number of phenols is 1. The van der Waals surface area contributed by atoms with Gasteiger partial charge in [0.15, 0.2) is 5.75 Å². The number of nitro groups is 1. The second kappa shape index (κ2) is 31.6. The van der Waals surface area contributed by atoms with Crippen molar-refractivity contribution in [1.29, 1.82) is 0 Å². The van der Waals surface area contributed by atoms with Gasteiger partial charge in [0.25, 0.3) is 36.0 Å². The average molecular weight is 1230 g/mol. The maximum atomic E-state index is 12.6. The molecule has 0 aliphatic carbocycles. The van der Waals surface area contributed by atoms with Crippen LogP contribution in [-0.4, -0.2) is 162 Å². The fourth-order valence-electron chi connectivity index (χ4n) is 7.27. The third kappa shape index (κ3) is 19.3. The summed E-state index contributed by atoms with van der Waals surface area (Å²) in [7, 11) is -12.5. The number of non-ortho nitro benzene ring substituents is 1. The van der Waals surface area contributed by atoms with Gasteiger partial charge in [-0.1, -0.05) is 12.1 Å². The monoisotopic (exact) mass is 1230 g/mol. The molecule has 0 fully saturated rings. The van der Waals surface area contributed by atoms with Gasteiger partial charge in [-0.25, -0.2) is 0 Å². The molecule has 0 radical (unpaired) electrons. The van der Waals surface area contributed by atoms with Crippen LogP contribution in [0.25, 0.3) is 21.9 Å². The number of aromatic hydroxyl groups is 1. The van der Waals surface area contributed by atoms with Crippen LogP contribution >= 0.6 is 0 Å². The molecule has 0 heterocycles. The normalized spacial score (nSPS) is 12.1. The molecule has 0 amide bonds. The summed E-state index contributed by atoms with van der Waals surface area (Å²) >= 11 is 0. The number of azo groups is 3. The van der Waals surface area contributed by atoms with E-state index < -0.39 is 83.5 Å². The Balaban J connectivity index is 0.000000633. The molecule has 0 saturated heterocycles. The van der Waals surface area contributed by atoms with Gasteiger partial charge in [-0.05, 0) is 77.2 Å². The number of nitrogens with zero attached hydrogens (tertiary/aromatic N) is 8. The molecule has 83 heavy (non-hydrogen) atoms. The van der Waals surface area contributed by atoms with Crippen LogP contribution in [0, 0.1) is 10.1 Å². The van der Waals surface area contributed by atoms with Gasteiger partial charge in [0, 0.05) is 31.8 Å². The first kappa shape index (κ1) is 68.5. The van der Waals surface area contributed by atoms with Crippen LogP contribution in [0.4, 0.5) is 56.9 Å². The Morgan fingerprint density at radius 1 is 0.542 bits per heavy atom. The Bertz CT molecular complexity index is 3650. The zero-order valence-corrected chi connectivity index (χ0v) is 49.0. The zero-order chi connectivity index (χ0) is 60.4. The van der Waals surface area contributed by atoms with E-state index in [9.17, 15) is 54.1 Å². The van der Waals surface area contributed by atoms with Crippen molar-refractivity contribution < 1.29 is 118 Å². The van der Waals surface area contributed by atoms with E-state index in [4.69, 9.17) is 56.2 Å². The number of rotatable bonds is 28. The van der Waals surface area contributed by atoms with E-state index in [1.165, 1.54) is 44.6 Å². The standard InChI is InChI=1S/C36H30N10O14S3.C12H27NO6.Na/c1-59-27-11-17(3-9-24(27)41-43-26-16-29(61(50,51)52)23(38)15-22(26)37)18-4-10-25(28(12-18)60-2)42-45-35-31(63(56,57)58)14-19-13-30(62(53,54)55)34(33(39)32(19)36(35)47)44-40-20-5-7-21(8-6-20)46(48)49;14-4-10-17-7-1-13(2-8-18-11-5-15)3-9-19-12-6-16;/h3-16,47H,37-39H2,1-2H3,(H,50,51,52)(H,53,54,55)(H,56,57,58);14-16H,1-12H2;/q;;+1. The topological polar surface area (TPSA) is 489 Å². The third-order valence-electron chi connectivity index (χ3n) is 11.2. The van der Waals surface area contributed by atoms with E-state index in [1.54, 1.807) is 18.2 Å². The fourth-order valence-corrected chi connectivity index (χ4v) is 9.22. The SMILES string of the molecule is COc1cc(-c2ccc(N=Nc3c(S(=O)(=O)O)cc4cc(S(=O)(=O)O)c(N=Nc5ccc([N+](=O)[O-])cc5)c(N)c4c3O)c(OC)c2)ccc1N=Nc1cc(S(=O)(=O)O)c(N)cc1N.OCCOCCN(CCOCCO)CCOCCO.[Na+]. The van der Waals surface area contributed by atoms with Crippen LogP contribution in [0.5, 0.6) is 17.2 Å². The Morgan fingerprint density at radius 2 is 0.976 bits per heavy atom. The van der Waals surface area contributed by atoms with Crippen LogP contribution in [0.1, 0.15) is 0 Å². The summed E-state index contributed by atoms with van der Waals surface area (Å²) in [4.78, 5) is 9.83. The number of phenolic OH excluding ortho intramolecular Hbond substituents is 1. The maximum absolute atomic E-state index is 12.6. The predicted octanol–water partition coefficient (Wildman–Crippen LogP) is 3.19. The molecule has 0 bridgehead atoms. The number of nitro benzene ring substituents is 1. The van der Waals surface area contributed by atoms with Crippen molar-refractivity contribution in [3.63, 3.8) is 0 Å². The predicted molar refractivity (Wildman–Crippen MR) is 295 cm³/mol. The molecule has 0 aliphatic rings. The first-order chi connectivity index (χ1) is 38.9. The molecule has 0 aliphatic heterocycles. The molecular weight excluding hydrogens is 1170 g/mol. The minimum Gasteiger partial charge on any atom is -0.505 e. The van der Waals surface area contributed by atoms with Crippen molar-refractivity contribution in [2.24, 2.45) is 30.7 Å². The molecule has 35 heteroatoms. The number of nitrogen functional groups attached to an aromatic ring is 3. The van der Waals surface area contributed by atoms with Crippen LogP contribution in [0.15, 0.2) is 130 Å². The van der Waals surface area contributed by atoms with Gasteiger partial charge >= 0.3 is 29.6 Å². The van der Waals surface area contributed by atoms with Crippen molar-refractivity contribution in [1.82, 2.24) is 4.90 Å². The minimum absolute atomic E-state index is 0. The molecule has 0 unspecified atom stereocenters. The molecule has 31 nitrogen and oxygen atoms in total. The number of ether oxygens (including phenoxy) is 5. The smallest absolute Gasteiger partial charge is 0.505 e. The van der Waals surface area contributed by atoms with Gasteiger partial charge in [-0.3, -0.25) is 28.7 Å². The fraction of sp³-hybridized carbons (Fsp3) is 0.292. The van der Waals surface area contributed by atoms with Gasteiger partial charge in [0.1, 0.15) is 54.6 Å². The summed E-state index contributed by atoms with van der Waals surface area (Å²) in [5, 5.41) is 71.1. The molecule has 0 spiro atoms. The zero-order valence-electron chi connectivity index (χ0n) is 44.5. The molecule has 0 atom stereocenters. The Hall–Kier alpha value is -6.97. The number of aliphatic hydroxyl groups is 3. The molecule has 6 rings (SSSR count). The molecular formula is C48H57N11NaO20S3+. The van der Waals surface area contributed by atoms with Gasteiger partial charge < -0.3 is 61.3 Å². The maximum Gasteiger partial charge on any atom is 1.00 e. The van der Waals surface area contributed by atoms with Crippen molar-refractivity contribution in [2.75, 3.05) is 111 Å². The largest absolute Gasteiger partial charge is 1.00 e. The van der Waals surface area contributed by atoms with E-state index in [1.807, 2.05) is 0 Å². The third-order valence-corrected chi connectivity index (χ3v) is 13.9. The first-order valence-corrected chi connectivity index (χ1v) is 28.1. The summed E-state index contributed by atoms with van der Waals surface area (Å²) in [5.74, 6) is -0.758. The molecule has 0 aromatic heterocycles. The summed E-state index contributed by atoms with van der Waals surface area (Å²) < 4.78 is 130. The molecule has 442 valence electrons. The summed E-state index contributed by atoms with van der Waals surface area (Å²) in [6.07, 6.45) is 0. The number of nitrogens with two attached hydrogens (primary N) is 3. The Labute approximate surface area is 496 Å². The van der Waals surface area contributed by atoms with Gasteiger partial charge in [-0.2, -0.15) is 30.4 Å². The van der Waals surface area contributed by atoms with Crippen molar-refractivity contribution in [2.45, 2.75) is 14.7 Å². The van der Waals surface area contributed by atoms with Crippen LogP contribution < -0.4 is 56.2 Å². The Kier molecular flexibility index (Phi) is 26.1. The number of methoxy groups -OCH3 is 2. The van der Waals surface area contributed by atoms with Crippen molar-refractivity contribution in [3.8, 4) is 28.4 Å².